The van der Waals surface area contributed by atoms with Crippen LogP contribution in [0.25, 0.3) is 0 Å². The van der Waals surface area contributed by atoms with Crippen molar-refractivity contribution >= 4 is 0 Å². The summed E-state index contributed by atoms with van der Waals surface area (Å²) in [5.41, 5.74) is 0.139. The molecule has 0 fully saturated rings. The van der Waals surface area contributed by atoms with Crippen LogP contribution in [-0.4, -0.2) is 48.8 Å². The van der Waals surface area contributed by atoms with Gasteiger partial charge in [0.1, 0.15) is 0 Å². The van der Waals surface area contributed by atoms with Crippen LogP contribution in [0.5, 0.6) is 0 Å². The molecule has 0 heterocycles. The van der Waals surface area contributed by atoms with E-state index in [0.29, 0.717) is 0 Å². The van der Waals surface area contributed by atoms with E-state index in [0.717, 1.165) is 26.1 Å². The summed E-state index contributed by atoms with van der Waals surface area (Å²) in [6, 6.07) is 0. The number of likely N-dealkylation sites (N-methyl/N-ethyl adjacent to an activating group) is 1. The Bertz CT molecular complexity index is 194. The monoisotopic (exact) mass is 230 g/mol. The quantitative estimate of drug-likeness (QED) is 0.666. The highest BCUT2D eigenvalue weighted by Crippen LogP contribution is 2.24. The van der Waals surface area contributed by atoms with Crippen LogP contribution >= 0.6 is 0 Å². The fourth-order valence-corrected chi connectivity index (χ4v) is 1.63. The predicted molar refractivity (Wildman–Crippen MR) is 70.7 cm³/mol. The first-order valence-electron chi connectivity index (χ1n) is 6.34. The summed E-state index contributed by atoms with van der Waals surface area (Å²) in [7, 11) is 2.09. The zero-order chi connectivity index (χ0) is 12.8. The summed E-state index contributed by atoms with van der Waals surface area (Å²) in [6.45, 7) is 14.1. The normalized spacial score (nSPS) is 16.5. The molecule has 0 amide bonds. The minimum atomic E-state index is -0.136. The minimum Gasteiger partial charge on any atom is -0.394 e. The van der Waals surface area contributed by atoms with Crippen molar-refractivity contribution in [1.82, 2.24) is 10.2 Å². The van der Waals surface area contributed by atoms with E-state index < -0.39 is 0 Å². The summed E-state index contributed by atoms with van der Waals surface area (Å²) in [5, 5.41) is 12.8. The maximum atomic E-state index is 9.35. The van der Waals surface area contributed by atoms with Gasteiger partial charge in [-0.15, -0.1) is 0 Å². The van der Waals surface area contributed by atoms with Crippen molar-refractivity contribution in [1.29, 1.82) is 0 Å². The largest absolute Gasteiger partial charge is 0.394 e. The van der Waals surface area contributed by atoms with Crippen LogP contribution in [0, 0.1) is 5.41 Å². The zero-order valence-electron chi connectivity index (χ0n) is 11.9. The van der Waals surface area contributed by atoms with E-state index in [1.54, 1.807) is 0 Å². The number of hydrogen-bond acceptors (Lipinski definition) is 3. The van der Waals surface area contributed by atoms with Gasteiger partial charge in [-0.2, -0.15) is 0 Å². The topological polar surface area (TPSA) is 35.5 Å². The Labute approximate surface area is 101 Å². The van der Waals surface area contributed by atoms with Crippen molar-refractivity contribution in [2.24, 2.45) is 5.41 Å². The first-order chi connectivity index (χ1) is 7.31. The van der Waals surface area contributed by atoms with Gasteiger partial charge < -0.3 is 10.4 Å². The minimum absolute atomic E-state index is 0.136. The van der Waals surface area contributed by atoms with E-state index >= 15 is 0 Å². The molecule has 3 nitrogen and oxygen atoms in total. The van der Waals surface area contributed by atoms with E-state index in [4.69, 9.17) is 0 Å². The number of nitrogens with zero attached hydrogens (tertiary/aromatic N) is 1. The molecule has 0 aliphatic heterocycles. The Morgan fingerprint density at radius 3 is 2.12 bits per heavy atom. The van der Waals surface area contributed by atoms with E-state index in [1.165, 1.54) is 0 Å². The molecule has 0 aromatic carbocycles. The van der Waals surface area contributed by atoms with Gasteiger partial charge in [0.05, 0.1) is 6.61 Å². The molecule has 0 bridgehead atoms. The molecule has 0 aliphatic rings. The summed E-state index contributed by atoms with van der Waals surface area (Å²) in [5.74, 6) is 0. The highest BCUT2D eigenvalue weighted by Gasteiger charge is 2.30. The maximum absolute atomic E-state index is 9.35. The summed E-state index contributed by atoms with van der Waals surface area (Å²) < 4.78 is 0. The number of rotatable bonds is 8. The molecule has 0 spiro atoms. The van der Waals surface area contributed by atoms with Crippen LogP contribution < -0.4 is 5.32 Å². The second kappa shape index (κ2) is 6.58. The molecule has 3 heteroatoms. The average Bonchev–Trinajstić information content (AvgIpc) is 2.26. The summed E-state index contributed by atoms with van der Waals surface area (Å²) in [6.07, 6.45) is 1.14. The van der Waals surface area contributed by atoms with Crippen molar-refractivity contribution < 1.29 is 5.11 Å². The molecule has 0 saturated carbocycles. The van der Waals surface area contributed by atoms with Gasteiger partial charge in [-0.3, -0.25) is 4.90 Å². The van der Waals surface area contributed by atoms with Gasteiger partial charge in [-0.25, -0.2) is 0 Å². The number of aliphatic hydroxyl groups is 1. The van der Waals surface area contributed by atoms with Gasteiger partial charge in [-0.05, 0) is 39.3 Å². The molecular weight excluding hydrogens is 200 g/mol. The molecule has 0 aliphatic carbocycles. The van der Waals surface area contributed by atoms with Crippen LogP contribution in [0.2, 0.25) is 0 Å². The molecular formula is C13H30N2O. The third-order valence-corrected chi connectivity index (χ3v) is 3.69. The molecule has 16 heavy (non-hydrogen) atoms. The molecule has 1 atom stereocenters. The van der Waals surface area contributed by atoms with Gasteiger partial charge in [-0.1, -0.05) is 20.8 Å². The highest BCUT2D eigenvalue weighted by molar-refractivity contribution is 4.85. The first kappa shape index (κ1) is 15.9. The SMILES string of the molecule is CCNCC(C)(CC)CN(C)C(C)(C)CO. The lowest BCUT2D eigenvalue weighted by Gasteiger charge is -2.41. The number of aliphatic hydroxyl groups excluding tert-OH is 1. The molecule has 2 N–H and O–H groups in total. The van der Waals surface area contributed by atoms with Crippen molar-refractivity contribution in [2.75, 3.05) is 33.3 Å². The van der Waals surface area contributed by atoms with Gasteiger partial charge in [0.15, 0.2) is 0 Å². The third kappa shape index (κ3) is 4.81. The van der Waals surface area contributed by atoms with Crippen LogP contribution in [0.15, 0.2) is 0 Å². The Morgan fingerprint density at radius 1 is 1.19 bits per heavy atom. The third-order valence-electron chi connectivity index (χ3n) is 3.69. The second-order valence-corrected chi connectivity index (χ2v) is 5.77. The lowest BCUT2D eigenvalue weighted by molar-refractivity contribution is 0.0440. The Balaban J connectivity index is 4.40. The second-order valence-electron chi connectivity index (χ2n) is 5.77. The van der Waals surface area contributed by atoms with E-state index in [1.807, 2.05) is 0 Å². The lowest BCUT2D eigenvalue weighted by atomic mass is 9.85. The molecule has 0 rings (SSSR count). The van der Waals surface area contributed by atoms with E-state index in [2.05, 4.69) is 51.9 Å². The molecule has 0 saturated heterocycles. The van der Waals surface area contributed by atoms with Gasteiger partial charge in [0, 0.05) is 18.6 Å². The molecule has 0 aromatic rings. The fraction of sp³-hybridized carbons (Fsp3) is 1.00. The van der Waals surface area contributed by atoms with Crippen molar-refractivity contribution in [2.45, 2.75) is 46.6 Å². The van der Waals surface area contributed by atoms with Crippen LogP contribution in [0.1, 0.15) is 41.0 Å². The van der Waals surface area contributed by atoms with E-state index in [-0.39, 0.29) is 17.6 Å². The molecule has 1 unspecified atom stereocenters. The van der Waals surface area contributed by atoms with Crippen molar-refractivity contribution in [3.8, 4) is 0 Å². The number of hydrogen-bond donors (Lipinski definition) is 2. The Morgan fingerprint density at radius 2 is 1.75 bits per heavy atom. The fourth-order valence-electron chi connectivity index (χ4n) is 1.63. The highest BCUT2D eigenvalue weighted by atomic mass is 16.3. The molecule has 0 aromatic heterocycles. The van der Waals surface area contributed by atoms with Crippen LogP contribution in [0.4, 0.5) is 0 Å². The maximum Gasteiger partial charge on any atom is 0.0609 e. The molecule has 0 radical (unpaired) electrons. The zero-order valence-corrected chi connectivity index (χ0v) is 11.9. The number of nitrogens with one attached hydrogen (secondary N) is 1. The van der Waals surface area contributed by atoms with Crippen LogP contribution in [-0.2, 0) is 0 Å². The van der Waals surface area contributed by atoms with Crippen molar-refractivity contribution in [3.63, 3.8) is 0 Å². The van der Waals surface area contributed by atoms with Crippen LogP contribution in [0.3, 0.4) is 0 Å². The first-order valence-corrected chi connectivity index (χ1v) is 6.34. The van der Waals surface area contributed by atoms with Gasteiger partial charge in [0.2, 0.25) is 0 Å². The lowest BCUT2D eigenvalue weighted by Crippen LogP contribution is -2.50. The van der Waals surface area contributed by atoms with E-state index in [9.17, 15) is 5.11 Å². The smallest absolute Gasteiger partial charge is 0.0609 e. The summed E-state index contributed by atoms with van der Waals surface area (Å²) >= 11 is 0. The molecule has 98 valence electrons. The standard InChI is InChI=1S/C13H30N2O/c1-7-13(5,9-14-8-2)10-15(6)12(3,4)11-16/h14,16H,7-11H2,1-6H3. The predicted octanol–water partition coefficient (Wildman–Crippen LogP) is 1.71. The van der Waals surface area contributed by atoms with Gasteiger partial charge >= 0.3 is 0 Å². The van der Waals surface area contributed by atoms with Gasteiger partial charge in [0.25, 0.3) is 0 Å². The Hall–Kier alpha value is -0.120. The van der Waals surface area contributed by atoms with Crippen molar-refractivity contribution in [3.05, 3.63) is 0 Å². The summed E-state index contributed by atoms with van der Waals surface area (Å²) in [4.78, 5) is 2.26. The average molecular weight is 230 g/mol. The Kier molecular flexibility index (Phi) is 6.53.